The molecule has 1 unspecified atom stereocenters. The van der Waals surface area contributed by atoms with E-state index >= 15 is 0 Å². The van der Waals surface area contributed by atoms with Crippen molar-refractivity contribution in [2.24, 2.45) is 5.73 Å². The molecule has 1 aromatic carbocycles. The fourth-order valence-electron chi connectivity index (χ4n) is 3.62. The topological polar surface area (TPSA) is 103 Å². The van der Waals surface area contributed by atoms with E-state index in [1.165, 1.54) is 0 Å². The van der Waals surface area contributed by atoms with E-state index in [9.17, 15) is 13.6 Å². The summed E-state index contributed by atoms with van der Waals surface area (Å²) in [5.74, 6) is 0.705. The quantitative estimate of drug-likeness (QED) is 0.721. The zero-order valence-corrected chi connectivity index (χ0v) is 18.2. The van der Waals surface area contributed by atoms with Gasteiger partial charge in [-0.05, 0) is 43.0 Å². The minimum Gasteiger partial charge on any atom is -0.768 e. The molecule has 2 aromatic rings. The Labute approximate surface area is 179 Å². The van der Waals surface area contributed by atoms with Crippen molar-refractivity contribution < 1.29 is 13.6 Å². The van der Waals surface area contributed by atoms with Gasteiger partial charge in [-0.1, -0.05) is 12.1 Å². The van der Waals surface area contributed by atoms with Gasteiger partial charge in [-0.15, -0.1) is 24.8 Å². The van der Waals surface area contributed by atoms with Gasteiger partial charge in [0.15, 0.2) is 0 Å². The van der Waals surface area contributed by atoms with E-state index < -0.39 is 11.1 Å². The molecule has 0 radical (unpaired) electrons. The Bertz CT molecular complexity index is 868. The van der Waals surface area contributed by atoms with Crippen LogP contribution in [0.15, 0.2) is 29.3 Å². The number of hydrogen-bond acceptors (Lipinski definition) is 6. The number of nitrogens with zero attached hydrogens (tertiary/aromatic N) is 3. The molecule has 2 atom stereocenters. The molecule has 0 saturated carbocycles. The maximum Gasteiger partial charge on any atom is 0.236 e. The summed E-state index contributed by atoms with van der Waals surface area (Å²) < 4.78 is 23.3. The number of carbonyl (C=O) groups is 1. The van der Waals surface area contributed by atoms with Crippen LogP contribution in [0, 0.1) is 6.92 Å². The number of benzene rings is 1. The van der Waals surface area contributed by atoms with E-state index in [0.717, 1.165) is 29.7 Å². The number of fused-ring (bicyclic) bond motifs is 1. The third kappa shape index (κ3) is 4.75. The zero-order chi connectivity index (χ0) is 18.8. The van der Waals surface area contributed by atoms with Crippen molar-refractivity contribution in [2.75, 3.05) is 31.1 Å². The third-order valence-electron chi connectivity index (χ3n) is 4.86. The van der Waals surface area contributed by atoms with Gasteiger partial charge in [0.05, 0.1) is 6.54 Å². The summed E-state index contributed by atoms with van der Waals surface area (Å²) in [6.07, 6.45) is 2.52. The Morgan fingerprint density at radius 1 is 1.36 bits per heavy atom. The molecule has 156 valence electrons. The molecule has 10 heteroatoms. The minimum absolute atomic E-state index is 0. The van der Waals surface area contributed by atoms with Gasteiger partial charge >= 0.3 is 0 Å². The van der Waals surface area contributed by atoms with Crippen molar-refractivity contribution in [3.05, 3.63) is 30.0 Å². The van der Waals surface area contributed by atoms with Crippen molar-refractivity contribution >= 4 is 58.4 Å². The second-order valence-corrected chi connectivity index (χ2v) is 7.53. The molecule has 1 fully saturated rings. The lowest BCUT2D eigenvalue weighted by atomic mass is 10.1. The first-order chi connectivity index (χ1) is 12.4. The molecule has 3 rings (SSSR count). The number of hydrogen-bond donors (Lipinski definition) is 1. The average Bonchev–Trinajstić information content (AvgIpc) is 2.82. The monoisotopic (exact) mass is 447 g/mol. The van der Waals surface area contributed by atoms with E-state index in [4.69, 9.17) is 5.73 Å². The van der Waals surface area contributed by atoms with Gasteiger partial charge < -0.3 is 20.1 Å². The molecule has 2 N–H and O–H groups in total. The highest BCUT2D eigenvalue weighted by molar-refractivity contribution is 7.79. The lowest BCUT2D eigenvalue weighted by Crippen LogP contribution is -2.43. The number of aryl methyl sites for hydroxylation is 1. The highest BCUT2D eigenvalue weighted by Crippen LogP contribution is 2.32. The maximum absolute atomic E-state index is 12.0. The summed E-state index contributed by atoms with van der Waals surface area (Å²) in [5, 5.41) is 1.52. The number of pyridine rings is 1. The van der Waals surface area contributed by atoms with Gasteiger partial charge in [-0.25, -0.2) is 4.98 Å². The van der Waals surface area contributed by atoms with Crippen LogP contribution in [0.2, 0.25) is 0 Å². The second-order valence-electron chi connectivity index (χ2n) is 6.62. The Kier molecular flexibility index (Phi) is 9.10. The minimum atomic E-state index is -2.32. The highest BCUT2D eigenvalue weighted by atomic mass is 35.5. The molecule has 2 heterocycles. The van der Waals surface area contributed by atoms with Gasteiger partial charge in [0.1, 0.15) is 5.82 Å². The predicted octanol–water partition coefficient (Wildman–Crippen LogP) is 2.01. The molecule has 1 aliphatic heterocycles. The smallest absolute Gasteiger partial charge is 0.236 e. The van der Waals surface area contributed by atoms with E-state index in [2.05, 4.69) is 9.88 Å². The van der Waals surface area contributed by atoms with Crippen LogP contribution in [0.3, 0.4) is 0 Å². The van der Waals surface area contributed by atoms with E-state index in [1.54, 1.807) is 23.2 Å². The molecule has 28 heavy (non-hydrogen) atoms. The van der Waals surface area contributed by atoms with E-state index in [-0.39, 0.29) is 48.2 Å². The molecule has 0 aliphatic carbocycles. The molecule has 7 nitrogen and oxygen atoms in total. The molecular weight excluding hydrogens is 423 g/mol. The Morgan fingerprint density at radius 3 is 2.71 bits per heavy atom. The zero-order valence-electron chi connectivity index (χ0n) is 15.8. The van der Waals surface area contributed by atoms with Gasteiger partial charge in [-0.3, -0.25) is 9.00 Å². The number of amides is 1. The largest absolute Gasteiger partial charge is 0.768 e. The van der Waals surface area contributed by atoms with Crippen molar-refractivity contribution in [3.8, 4) is 0 Å². The second kappa shape index (κ2) is 10.4. The molecular formula is C18H25Cl2N4O3S-. The molecule has 1 aromatic heterocycles. The Balaban J connectivity index is 0.00000196. The van der Waals surface area contributed by atoms with Crippen molar-refractivity contribution in [1.82, 2.24) is 9.88 Å². The van der Waals surface area contributed by atoms with E-state index in [0.29, 0.717) is 18.5 Å². The summed E-state index contributed by atoms with van der Waals surface area (Å²) in [6, 6.07) is 5.30. The molecule has 1 aliphatic rings. The van der Waals surface area contributed by atoms with Crippen LogP contribution in [0.5, 0.6) is 0 Å². The number of carbonyl (C=O) groups excluding carboxylic acids is 1. The summed E-state index contributed by atoms with van der Waals surface area (Å²) in [5.41, 5.74) is 6.33. The Morgan fingerprint density at radius 2 is 2.07 bits per heavy atom. The molecule has 0 spiro atoms. The molecule has 1 amide bonds. The SMILES string of the molecule is Cc1cnc(N2CCCN(C(=O)CN)C[C@@H]2C)c2cccc(S(=O)[O-])c12.Cl.Cl. The number of halogens is 2. The van der Waals surface area contributed by atoms with Crippen molar-refractivity contribution in [3.63, 3.8) is 0 Å². The van der Waals surface area contributed by atoms with Crippen LogP contribution in [-0.2, 0) is 15.9 Å². The van der Waals surface area contributed by atoms with E-state index in [1.807, 2.05) is 19.9 Å². The summed E-state index contributed by atoms with van der Waals surface area (Å²) in [7, 11) is 0. The van der Waals surface area contributed by atoms with Gasteiger partial charge in [0, 0.05) is 47.5 Å². The van der Waals surface area contributed by atoms with Crippen molar-refractivity contribution in [1.29, 1.82) is 0 Å². The summed E-state index contributed by atoms with van der Waals surface area (Å²) >= 11 is -2.32. The number of anilines is 1. The average molecular weight is 448 g/mol. The van der Waals surface area contributed by atoms with Crippen molar-refractivity contribution in [2.45, 2.75) is 31.2 Å². The molecule has 0 bridgehead atoms. The summed E-state index contributed by atoms with van der Waals surface area (Å²) in [6.45, 7) is 5.90. The van der Waals surface area contributed by atoms with Gasteiger partial charge in [0.2, 0.25) is 5.91 Å². The van der Waals surface area contributed by atoms with Crippen LogP contribution in [0.25, 0.3) is 10.8 Å². The lowest BCUT2D eigenvalue weighted by molar-refractivity contribution is -0.129. The fourth-order valence-corrected chi connectivity index (χ4v) is 4.24. The van der Waals surface area contributed by atoms with Gasteiger partial charge in [0.25, 0.3) is 0 Å². The third-order valence-corrected chi connectivity index (χ3v) is 5.56. The van der Waals surface area contributed by atoms with Crippen LogP contribution in [0.4, 0.5) is 5.82 Å². The van der Waals surface area contributed by atoms with Crippen LogP contribution < -0.4 is 10.6 Å². The van der Waals surface area contributed by atoms with Crippen LogP contribution >= 0.6 is 24.8 Å². The van der Waals surface area contributed by atoms with Crippen LogP contribution in [0.1, 0.15) is 18.9 Å². The fraction of sp³-hybridized carbons (Fsp3) is 0.444. The molecule has 1 saturated heterocycles. The lowest BCUT2D eigenvalue weighted by Gasteiger charge is -2.31. The first-order valence-electron chi connectivity index (χ1n) is 8.66. The highest BCUT2D eigenvalue weighted by Gasteiger charge is 2.26. The first-order valence-corrected chi connectivity index (χ1v) is 9.73. The normalized spacial score (nSPS) is 18.1. The number of aromatic nitrogens is 1. The summed E-state index contributed by atoms with van der Waals surface area (Å²) in [4.78, 5) is 20.8. The van der Waals surface area contributed by atoms with Gasteiger partial charge in [-0.2, -0.15) is 0 Å². The standard InChI is InChI=1S/C18H24N4O3S.2ClH/c1-12-10-20-18(14-5-3-6-15(17(12)14)26(24)25)22-8-4-7-21(11-13(22)2)16(23)9-19;;/h3,5-6,10,13H,4,7-9,11,19H2,1-2H3,(H,24,25);2*1H/p-1/t13-;;/m0../s1. The maximum atomic E-state index is 12.0. The Hall–Kier alpha value is -1.45. The predicted molar refractivity (Wildman–Crippen MR) is 115 cm³/mol. The number of nitrogens with two attached hydrogens (primary N) is 1. The number of rotatable bonds is 3. The first kappa shape index (κ1) is 24.6. The van der Waals surface area contributed by atoms with Crippen LogP contribution in [-0.4, -0.2) is 56.8 Å².